The maximum Gasteiger partial charge on any atom is 0.253 e. The summed E-state index contributed by atoms with van der Waals surface area (Å²) in [7, 11) is 0. The number of carbonyl (C=O) groups is 2. The van der Waals surface area contributed by atoms with Gasteiger partial charge in [0.05, 0.1) is 11.6 Å². The molecule has 0 aliphatic carbocycles. The van der Waals surface area contributed by atoms with Crippen molar-refractivity contribution in [3.63, 3.8) is 0 Å². The van der Waals surface area contributed by atoms with Crippen LogP contribution in [0.4, 0.5) is 5.82 Å². The van der Waals surface area contributed by atoms with Crippen LogP contribution >= 0.6 is 0 Å². The minimum Gasteiger partial charge on any atom is -0.489 e. The predicted octanol–water partition coefficient (Wildman–Crippen LogP) is 4.33. The van der Waals surface area contributed by atoms with Crippen LogP contribution in [0, 0.1) is 24.2 Å². The number of ether oxygens (including phenoxy) is 1. The SMILES string of the molecule is Cc1ccnc(NC(=O)C2CCN(C(=O)c3cccc(OCc4ccccc4C#N)c3)CC2)c1. The molecule has 7 heteroatoms. The summed E-state index contributed by atoms with van der Waals surface area (Å²) in [4.78, 5) is 31.6. The lowest BCUT2D eigenvalue weighted by Gasteiger charge is -2.31. The summed E-state index contributed by atoms with van der Waals surface area (Å²) < 4.78 is 5.85. The summed E-state index contributed by atoms with van der Waals surface area (Å²) in [5.41, 5.74) is 2.94. The van der Waals surface area contributed by atoms with Gasteiger partial charge in [-0.2, -0.15) is 5.26 Å². The zero-order valence-electron chi connectivity index (χ0n) is 19.0. The first-order valence-corrected chi connectivity index (χ1v) is 11.3. The maximum absolute atomic E-state index is 13.0. The van der Waals surface area contributed by atoms with Crippen LogP contribution in [0.1, 0.15) is 39.9 Å². The Bertz CT molecular complexity index is 1230. The molecule has 4 rings (SSSR count). The fourth-order valence-corrected chi connectivity index (χ4v) is 4.00. The third-order valence-electron chi connectivity index (χ3n) is 5.93. The predicted molar refractivity (Wildman–Crippen MR) is 128 cm³/mol. The van der Waals surface area contributed by atoms with Gasteiger partial charge < -0.3 is 15.0 Å². The van der Waals surface area contributed by atoms with E-state index in [2.05, 4.69) is 16.4 Å². The second kappa shape index (κ2) is 10.6. The Morgan fingerprint density at radius 3 is 2.68 bits per heavy atom. The topological polar surface area (TPSA) is 95.3 Å². The summed E-state index contributed by atoms with van der Waals surface area (Å²) in [6.07, 6.45) is 2.88. The monoisotopic (exact) mass is 454 g/mol. The van der Waals surface area contributed by atoms with Gasteiger partial charge in [-0.3, -0.25) is 9.59 Å². The Balaban J connectivity index is 1.32. The van der Waals surface area contributed by atoms with Crippen molar-refractivity contribution in [2.75, 3.05) is 18.4 Å². The summed E-state index contributed by atoms with van der Waals surface area (Å²) in [5.74, 6) is 0.831. The van der Waals surface area contributed by atoms with Crippen molar-refractivity contribution in [1.82, 2.24) is 9.88 Å². The Labute approximate surface area is 199 Å². The number of piperidine rings is 1. The lowest BCUT2D eigenvalue weighted by atomic mass is 9.95. The molecule has 2 aromatic carbocycles. The largest absolute Gasteiger partial charge is 0.489 e. The highest BCUT2D eigenvalue weighted by molar-refractivity contribution is 5.95. The van der Waals surface area contributed by atoms with E-state index < -0.39 is 0 Å². The number of hydrogen-bond acceptors (Lipinski definition) is 5. The number of pyridine rings is 1. The van der Waals surface area contributed by atoms with Crippen LogP contribution in [0.15, 0.2) is 66.9 Å². The highest BCUT2D eigenvalue weighted by Crippen LogP contribution is 2.23. The summed E-state index contributed by atoms with van der Waals surface area (Å²) in [6, 6.07) is 20.2. The molecule has 1 N–H and O–H groups in total. The standard InChI is InChI=1S/C27H26N4O3/c1-19-9-12-29-25(15-19)30-26(32)20-10-13-31(14-11-20)27(33)21-7-4-8-24(16-21)34-18-23-6-3-2-5-22(23)17-28/h2-9,12,15-16,20H,10-11,13-14,18H2,1H3,(H,29,30,32). The molecule has 34 heavy (non-hydrogen) atoms. The van der Waals surface area contributed by atoms with Crippen molar-refractivity contribution in [3.8, 4) is 11.8 Å². The average Bonchev–Trinajstić information content (AvgIpc) is 2.87. The Morgan fingerprint density at radius 1 is 1.12 bits per heavy atom. The van der Waals surface area contributed by atoms with Gasteiger partial charge in [0.15, 0.2) is 0 Å². The first-order valence-electron chi connectivity index (χ1n) is 11.3. The molecule has 0 saturated carbocycles. The normalized spacial score (nSPS) is 13.7. The molecule has 3 aromatic rings. The van der Waals surface area contributed by atoms with E-state index in [4.69, 9.17) is 4.74 Å². The van der Waals surface area contributed by atoms with Crippen LogP contribution < -0.4 is 10.1 Å². The minimum absolute atomic E-state index is 0.0572. The van der Waals surface area contributed by atoms with Crippen molar-refractivity contribution < 1.29 is 14.3 Å². The Morgan fingerprint density at radius 2 is 1.91 bits per heavy atom. The van der Waals surface area contributed by atoms with Gasteiger partial charge in [0.25, 0.3) is 5.91 Å². The zero-order chi connectivity index (χ0) is 23.9. The quantitative estimate of drug-likeness (QED) is 0.598. The molecule has 0 unspecified atom stereocenters. The van der Waals surface area contributed by atoms with E-state index in [1.807, 2.05) is 37.3 Å². The number of amides is 2. The van der Waals surface area contributed by atoms with Gasteiger partial charge in [0.1, 0.15) is 18.2 Å². The number of hydrogen-bond donors (Lipinski definition) is 1. The number of aryl methyl sites for hydroxylation is 1. The molecule has 2 heterocycles. The van der Waals surface area contributed by atoms with Crippen LogP contribution in [-0.2, 0) is 11.4 Å². The van der Waals surface area contributed by atoms with Gasteiger partial charge in [-0.05, 0) is 61.7 Å². The van der Waals surface area contributed by atoms with E-state index in [1.165, 1.54) is 0 Å². The number of rotatable bonds is 6. The van der Waals surface area contributed by atoms with Gasteiger partial charge >= 0.3 is 0 Å². The zero-order valence-corrected chi connectivity index (χ0v) is 19.0. The fourth-order valence-electron chi connectivity index (χ4n) is 4.00. The minimum atomic E-state index is -0.152. The van der Waals surface area contributed by atoms with E-state index in [0.717, 1.165) is 11.1 Å². The lowest BCUT2D eigenvalue weighted by Crippen LogP contribution is -2.41. The number of nitrogens with one attached hydrogen (secondary N) is 1. The second-order valence-corrected chi connectivity index (χ2v) is 8.36. The highest BCUT2D eigenvalue weighted by Gasteiger charge is 2.28. The molecule has 0 spiro atoms. The fraction of sp³-hybridized carbons (Fsp3) is 0.259. The molecule has 0 radical (unpaired) electrons. The maximum atomic E-state index is 13.0. The summed E-state index contributed by atoms with van der Waals surface area (Å²) >= 11 is 0. The first-order chi connectivity index (χ1) is 16.5. The molecule has 1 aromatic heterocycles. The van der Waals surface area contributed by atoms with Gasteiger partial charge in [0, 0.05) is 36.3 Å². The third-order valence-corrected chi connectivity index (χ3v) is 5.93. The van der Waals surface area contributed by atoms with Gasteiger partial charge in [-0.25, -0.2) is 4.98 Å². The van der Waals surface area contributed by atoms with Crippen molar-refractivity contribution >= 4 is 17.6 Å². The summed E-state index contributed by atoms with van der Waals surface area (Å²) in [5, 5.41) is 12.1. The molecular formula is C27H26N4O3. The average molecular weight is 455 g/mol. The Hall–Kier alpha value is -4.18. The van der Waals surface area contributed by atoms with E-state index in [0.29, 0.717) is 48.6 Å². The number of aromatic nitrogens is 1. The number of nitrogens with zero attached hydrogens (tertiary/aromatic N) is 3. The highest BCUT2D eigenvalue weighted by atomic mass is 16.5. The lowest BCUT2D eigenvalue weighted by molar-refractivity contribution is -0.121. The molecule has 0 bridgehead atoms. The number of anilines is 1. The molecule has 1 aliphatic rings. The smallest absolute Gasteiger partial charge is 0.253 e. The van der Waals surface area contributed by atoms with Crippen LogP contribution in [0.25, 0.3) is 0 Å². The molecular weight excluding hydrogens is 428 g/mol. The van der Waals surface area contributed by atoms with Gasteiger partial charge in [-0.1, -0.05) is 24.3 Å². The molecule has 1 fully saturated rings. The van der Waals surface area contributed by atoms with Crippen molar-refractivity contribution in [2.24, 2.45) is 5.92 Å². The molecule has 172 valence electrons. The molecule has 7 nitrogen and oxygen atoms in total. The number of likely N-dealkylation sites (tertiary alicyclic amines) is 1. The van der Waals surface area contributed by atoms with Crippen LogP contribution in [0.2, 0.25) is 0 Å². The summed E-state index contributed by atoms with van der Waals surface area (Å²) in [6.45, 7) is 3.22. The second-order valence-electron chi connectivity index (χ2n) is 8.36. The van der Waals surface area contributed by atoms with Crippen molar-refractivity contribution in [3.05, 3.63) is 89.1 Å². The molecule has 2 amide bonds. The number of nitriles is 1. The van der Waals surface area contributed by atoms with E-state index >= 15 is 0 Å². The molecule has 1 aliphatic heterocycles. The third kappa shape index (κ3) is 5.59. The van der Waals surface area contributed by atoms with E-state index in [1.54, 1.807) is 41.4 Å². The van der Waals surface area contributed by atoms with Gasteiger partial charge in [0.2, 0.25) is 5.91 Å². The first kappa shape index (κ1) is 23.0. The number of benzene rings is 2. The number of carbonyl (C=O) groups excluding carboxylic acids is 2. The van der Waals surface area contributed by atoms with Crippen LogP contribution in [0.3, 0.4) is 0 Å². The van der Waals surface area contributed by atoms with Crippen molar-refractivity contribution in [2.45, 2.75) is 26.4 Å². The van der Waals surface area contributed by atoms with E-state index in [-0.39, 0.29) is 24.3 Å². The van der Waals surface area contributed by atoms with Gasteiger partial charge in [-0.15, -0.1) is 0 Å². The van der Waals surface area contributed by atoms with Crippen molar-refractivity contribution in [1.29, 1.82) is 5.26 Å². The van der Waals surface area contributed by atoms with Crippen LogP contribution in [0.5, 0.6) is 5.75 Å². The molecule has 1 saturated heterocycles. The van der Waals surface area contributed by atoms with E-state index in [9.17, 15) is 14.9 Å². The Kier molecular flexibility index (Phi) is 7.19. The molecule has 0 atom stereocenters. The van der Waals surface area contributed by atoms with Crippen LogP contribution in [-0.4, -0.2) is 34.8 Å².